The van der Waals surface area contributed by atoms with Gasteiger partial charge in [0.2, 0.25) is 5.91 Å². The third-order valence-corrected chi connectivity index (χ3v) is 4.32. The molecule has 0 unspecified atom stereocenters. The molecular formula is C18H22N2O5S. The largest absolute Gasteiger partial charge is 0.497 e. The summed E-state index contributed by atoms with van der Waals surface area (Å²) in [6.45, 7) is 2.06. The van der Waals surface area contributed by atoms with Crippen LogP contribution in [0.4, 0.5) is 0 Å². The van der Waals surface area contributed by atoms with Crippen molar-refractivity contribution >= 4 is 16.0 Å². The first-order valence-electron chi connectivity index (χ1n) is 7.98. The van der Waals surface area contributed by atoms with Crippen molar-refractivity contribution in [2.75, 3.05) is 13.0 Å². The van der Waals surface area contributed by atoms with Crippen LogP contribution in [0.5, 0.6) is 5.75 Å². The first-order valence-corrected chi connectivity index (χ1v) is 9.59. The monoisotopic (exact) mass is 378 g/mol. The molecule has 0 aliphatic carbocycles. The van der Waals surface area contributed by atoms with Crippen LogP contribution in [0.3, 0.4) is 0 Å². The van der Waals surface area contributed by atoms with Crippen LogP contribution in [0.2, 0.25) is 0 Å². The highest BCUT2D eigenvalue weighted by Crippen LogP contribution is 2.22. The summed E-state index contributed by atoms with van der Waals surface area (Å²) < 4.78 is 35.1. The van der Waals surface area contributed by atoms with E-state index in [2.05, 4.69) is 10.6 Å². The number of carbonyl (C=O) groups is 1. The van der Waals surface area contributed by atoms with E-state index in [-0.39, 0.29) is 0 Å². The predicted octanol–water partition coefficient (Wildman–Crippen LogP) is 1.80. The fourth-order valence-corrected chi connectivity index (χ4v) is 2.60. The number of nitrogens with one attached hydrogen (secondary N) is 2. The van der Waals surface area contributed by atoms with Gasteiger partial charge in [0.1, 0.15) is 11.6 Å². The SMILES string of the molecule is COc1ccc(-c2ccc(CN[C@@H](C)C(=O)NCS(=O)(=O)O)cc2)cc1. The zero-order valence-electron chi connectivity index (χ0n) is 14.6. The molecule has 0 heterocycles. The van der Waals surface area contributed by atoms with Crippen LogP contribution in [0.15, 0.2) is 48.5 Å². The Morgan fingerprint density at radius 3 is 2.12 bits per heavy atom. The Hall–Kier alpha value is -2.42. The van der Waals surface area contributed by atoms with E-state index in [1.807, 2.05) is 48.5 Å². The predicted molar refractivity (Wildman–Crippen MR) is 99.3 cm³/mol. The number of benzene rings is 2. The van der Waals surface area contributed by atoms with Gasteiger partial charge in [0.05, 0.1) is 13.2 Å². The topological polar surface area (TPSA) is 105 Å². The molecule has 3 N–H and O–H groups in total. The molecule has 0 saturated carbocycles. The van der Waals surface area contributed by atoms with Crippen molar-refractivity contribution in [3.05, 3.63) is 54.1 Å². The lowest BCUT2D eigenvalue weighted by Crippen LogP contribution is -2.43. The second-order valence-corrected chi connectivity index (χ2v) is 7.25. The second-order valence-electron chi connectivity index (χ2n) is 5.80. The van der Waals surface area contributed by atoms with E-state index in [1.165, 1.54) is 0 Å². The molecule has 1 amide bonds. The van der Waals surface area contributed by atoms with Gasteiger partial charge in [0.15, 0.2) is 0 Å². The summed E-state index contributed by atoms with van der Waals surface area (Å²) in [4.78, 5) is 11.7. The van der Waals surface area contributed by atoms with Crippen LogP contribution in [-0.2, 0) is 21.5 Å². The molecule has 0 saturated heterocycles. The van der Waals surface area contributed by atoms with E-state index >= 15 is 0 Å². The minimum absolute atomic E-state index is 0.448. The van der Waals surface area contributed by atoms with Crippen molar-refractivity contribution < 1.29 is 22.5 Å². The Morgan fingerprint density at radius 2 is 1.62 bits per heavy atom. The molecule has 0 bridgehead atoms. The molecular weight excluding hydrogens is 356 g/mol. The maximum absolute atomic E-state index is 11.7. The van der Waals surface area contributed by atoms with Gasteiger partial charge in [-0.05, 0) is 35.7 Å². The van der Waals surface area contributed by atoms with Crippen LogP contribution in [-0.4, -0.2) is 37.9 Å². The molecule has 140 valence electrons. The third-order valence-electron chi connectivity index (χ3n) is 3.81. The van der Waals surface area contributed by atoms with Crippen LogP contribution < -0.4 is 15.4 Å². The number of amides is 1. The van der Waals surface area contributed by atoms with E-state index in [0.29, 0.717) is 6.54 Å². The van der Waals surface area contributed by atoms with Crippen molar-refractivity contribution in [1.29, 1.82) is 0 Å². The number of hydrogen-bond donors (Lipinski definition) is 3. The second kappa shape index (κ2) is 8.79. The van der Waals surface area contributed by atoms with Crippen molar-refractivity contribution in [2.45, 2.75) is 19.5 Å². The maximum atomic E-state index is 11.7. The number of carbonyl (C=O) groups excluding carboxylic acids is 1. The first kappa shape index (κ1) is 19.9. The Bertz CT molecular complexity index is 833. The van der Waals surface area contributed by atoms with E-state index in [9.17, 15) is 13.2 Å². The normalized spacial score (nSPS) is 12.4. The van der Waals surface area contributed by atoms with Gasteiger partial charge in [0.25, 0.3) is 10.1 Å². The molecule has 0 spiro atoms. The van der Waals surface area contributed by atoms with Crippen molar-refractivity contribution in [3.63, 3.8) is 0 Å². The van der Waals surface area contributed by atoms with Gasteiger partial charge in [-0.2, -0.15) is 8.42 Å². The molecule has 2 aromatic rings. The Balaban J connectivity index is 1.89. The molecule has 0 aliphatic heterocycles. The van der Waals surface area contributed by atoms with Crippen molar-refractivity contribution in [3.8, 4) is 16.9 Å². The van der Waals surface area contributed by atoms with Crippen LogP contribution in [0.25, 0.3) is 11.1 Å². The number of methoxy groups -OCH3 is 1. The highest BCUT2D eigenvalue weighted by atomic mass is 32.2. The fourth-order valence-electron chi connectivity index (χ4n) is 2.28. The van der Waals surface area contributed by atoms with Crippen LogP contribution >= 0.6 is 0 Å². The summed E-state index contributed by atoms with van der Waals surface area (Å²) in [5.41, 5.74) is 3.12. The molecule has 26 heavy (non-hydrogen) atoms. The van der Waals surface area contributed by atoms with Gasteiger partial charge in [0, 0.05) is 6.54 Å². The summed E-state index contributed by atoms with van der Waals surface area (Å²) in [5.74, 6) is -0.498. The third kappa shape index (κ3) is 6.14. The average molecular weight is 378 g/mol. The van der Waals surface area contributed by atoms with Gasteiger partial charge in [-0.15, -0.1) is 0 Å². The Morgan fingerprint density at radius 1 is 1.08 bits per heavy atom. The van der Waals surface area contributed by atoms with E-state index < -0.39 is 27.9 Å². The first-order chi connectivity index (χ1) is 12.3. The number of rotatable bonds is 8. The Labute approximate surface area is 153 Å². The van der Waals surface area contributed by atoms with Crippen molar-refractivity contribution in [1.82, 2.24) is 10.6 Å². The zero-order chi connectivity index (χ0) is 19.2. The standard InChI is InChI=1S/C18H22N2O5S/c1-13(18(21)20-12-26(22,23)24)19-11-14-3-5-15(6-4-14)16-7-9-17(25-2)10-8-16/h3-10,13,19H,11-12H2,1-2H3,(H,20,21)(H,22,23,24)/t13-/m0/s1. The lowest BCUT2D eigenvalue weighted by atomic mass is 10.0. The minimum atomic E-state index is -4.22. The summed E-state index contributed by atoms with van der Waals surface area (Å²) >= 11 is 0. The van der Waals surface area contributed by atoms with E-state index in [4.69, 9.17) is 9.29 Å². The lowest BCUT2D eigenvalue weighted by molar-refractivity contribution is -0.122. The smallest absolute Gasteiger partial charge is 0.283 e. The van der Waals surface area contributed by atoms with E-state index in [1.54, 1.807) is 14.0 Å². The van der Waals surface area contributed by atoms with Gasteiger partial charge < -0.3 is 15.4 Å². The zero-order valence-corrected chi connectivity index (χ0v) is 15.4. The fraction of sp³-hybridized carbons (Fsp3) is 0.278. The molecule has 0 fully saturated rings. The van der Waals surface area contributed by atoms with Gasteiger partial charge in [-0.1, -0.05) is 36.4 Å². The molecule has 0 radical (unpaired) electrons. The maximum Gasteiger partial charge on any atom is 0.283 e. The molecule has 0 aromatic heterocycles. The summed E-state index contributed by atoms with van der Waals surface area (Å²) in [6, 6.07) is 15.0. The number of hydrogen-bond acceptors (Lipinski definition) is 5. The van der Waals surface area contributed by atoms with Gasteiger partial charge in [-0.3, -0.25) is 9.35 Å². The van der Waals surface area contributed by atoms with Gasteiger partial charge >= 0.3 is 0 Å². The number of ether oxygens (including phenoxy) is 1. The Kier molecular flexibility index (Phi) is 6.73. The van der Waals surface area contributed by atoms with E-state index in [0.717, 1.165) is 22.4 Å². The molecule has 2 rings (SSSR count). The van der Waals surface area contributed by atoms with Gasteiger partial charge in [-0.25, -0.2) is 0 Å². The lowest BCUT2D eigenvalue weighted by Gasteiger charge is -2.13. The minimum Gasteiger partial charge on any atom is -0.497 e. The molecule has 1 atom stereocenters. The quantitative estimate of drug-likeness (QED) is 0.605. The molecule has 0 aliphatic rings. The highest BCUT2D eigenvalue weighted by Gasteiger charge is 2.14. The highest BCUT2D eigenvalue weighted by molar-refractivity contribution is 7.85. The summed E-state index contributed by atoms with van der Waals surface area (Å²) in [7, 11) is -2.60. The molecule has 7 nitrogen and oxygen atoms in total. The van der Waals surface area contributed by atoms with Crippen LogP contribution in [0, 0.1) is 0 Å². The summed E-state index contributed by atoms with van der Waals surface area (Å²) in [5, 5.41) is 5.15. The van der Waals surface area contributed by atoms with Crippen molar-refractivity contribution in [2.24, 2.45) is 0 Å². The molecule has 8 heteroatoms. The molecule has 2 aromatic carbocycles. The van der Waals surface area contributed by atoms with Crippen LogP contribution in [0.1, 0.15) is 12.5 Å². The summed E-state index contributed by atoms with van der Waals surface area (Å²) in [6.07, 6.45) is 0. The average Bonchev–Trinajstić information content (AvgIpc) is 2.64.